The number of rotatable bonds is 4. The van der Waals surface area contributed by atoms with Crippen molar-refractivity contribution >= 4 is 11.8 Å². The average molecular weight is 278 g/mol. The smallest absolute Gasteiger partial charge is 0.171 e. The van der Waals surface area contributed by atoms with Gasteiger partial charge in [-0.3, -0.25) is 0 Å². The third kappa shape index (κ3) is 2.91. The molecule has 0 radical (unpaired) electrons. The van der Waals surface area contributed by atoms with Crippen LogP contribution in [0.15, 0.2) is 47.4 Å². The highest BCUT2D eigenvalue weighted by Crippen LogP contribution is 2.29. The lowest BCUT2D eigenvalue weighted by molar-refractivity contribution is 0.213. The van der Waals surface area contributed by atoms with E-state index < -0.39 is 11.9 Å². The van der Waals surface area contributed by atoms with Crippen LogP contribution in [0.1, 0.15) is 17.2 Å². The third-order valence-corrected chi connectivity index (χ3v) is 3.68. The molecule has 0 heterocycles. The molecular formula is C15H15FO2S. The predicted molar refractivity (Wildman–Crippen MR) is 75.2 cm³/mol. The van der Waals surface area contributed by atoms with Crippen LogP contribution in [-0.2, 0) is 0 Å². The zero-order valence-electron chi connectivity index (χ0n) is 10.8. The van der Waals surface area contributed by atoms with Gasteiger partial charge in [0.1, 0.15) is 6.10 Å². The zero-order valence-corrected chi connectivity index (χ0v) is 11.6. The quantitative estimate of drug-likeness (QED) is 0.866. The number of benzene rings is 2. The summed E-state index contributed by atoms with van der Waals surface area (Å²) in [6.45, 7) is 0. The second-order valence-electron chi connectivity index (χ2n) is 4.04. The minimum Gasteiger partial charge on any atom is -0.494 e. The van der Waals surface area contributed by atoms with Crippen LogP contribution < -0.4 is 4.74 Å². The van der Waals surface area contributed by atoms with E-state index in [1.54, 1.807) is 36.0 Å². The Morgan fingerprint density at radius 1 is 1.16 bits per heavy atom. The Hall–Kier alpha value is -1.52. The molecule has 2 nitrogen and oxygen atoms in total. The molecule has 0 amide bonds. The number of hydrogen-bond donors (Lipinski definition) is 1. The molecule has 4 heteroatoms. The van der Waals surface area contributed by atoms with Gasteiger partial charge in [-0.2, -0.15) is 0 Å². The number of halogens is 1. The number of thioether (sulfide) groups is 1. The number of methoxy groups -OCH3 is 1. The Morgan fingerprint density at radius 3 is 2.42 bits per heavy atom. The maximum Gasteiger partial charge on any atom is 0.171 e. The van der Waals surface area contributed by atoms with Gasteiger partial charge in [0.15, 0.2) is 11.6 Å². The van der Waals surface area contributed by atoms with Crippen LogP contribution in [0.4, 0.5) is 4.39 Å². The second-order valence-corrected chi connectivity index (χ2v) is 4.92. The first-order valence-electron chi connectivity index (χ1n) is 5.81. The average Bonchev–Trinajstić information content (AvgIpc) is 2.47. The molecule has 0 aliphatic rings. The van der Waals surface area contributed by atoms with Crippen LogP contribution >= 0.6 is 11.8 Å². The molecule has 0 fully saturated rings. The Balaban J connectivity index is 2.35. The topological polar surface area (TPSA) is 29.5 Å². The lowest BCUT2D eigenvalue weighted by atomic mass is 10.0. The van der Waals surface area contributed by atoms with Gasteiger partial charge in [-0.1, -0.05) is 24.3 Å². The van der Waals surface area contributed by atoms with Crippen LogP contribution in [0.2, 0.25) is 0 Å². The highest BCUT2D eigenvalue weighted by Gasteiger charge is 2.17. The number of aliphatic hydroxyl groups is 1. The molecule has 2 aromatic carbocycles. The van der Waals surface area contributed by atoms with Crippen LogP contribution in [0, 0.1) is 5.82 Å². The van der Waals surface area contributed by atoms with Gasteiger partial charge >= 0.3 is 0 Å². The molecule has 19 heavy (non-hydrogen) atoms. The van der Waals surface area contributed by atoms with Crippen molar-refractivity contribution in [3.63, 3.8) is 0 Å². The normalized spacial score (nSPS) is 12.2. The van der Waals surface area contributed by atoms with Crippen molar-refractivity contribution in [1.82, 2.24) is 0 Å². The number of aliphatic hydroxyl groups excluding tert-OH is 1. The number of hydrogen-bond acceptors (Lipinski definition) is 3. The summed E-state index contributed by atoms with van der Waals surface area (Å²) < 4.78 is 19.0. The van der Waals surface area contributed by atoms with Gasteiger partial charge in [-0.25, -0.2) is 4.39 Å². The Morgan fingerprint density at radius 2 is 1.84 bits per heavy atom. The molecule has 2 aromatic rings. The van der Waals surface area contributed by atoms with Gasteiger partial charge in [0.05, 0.1) is 7.11 Å². The fraction of sp³-hybridized carbons (Fsp3) is 0.200. The minimum atomic E-state index is -0.994. The van der Waals surface area contributed by atoms with E-state index in [0.717, 1.165) is 4.90 Å². The van der Waals surface area contributed by atoms with Crippen LogP contribution in [-0.4, -0.2) is 18.5 Å². The molecule has 0 saturated heterocycles. The molecule has 0 aliphatic carbocycles. The van der Waals surface area contributed by atoms with Crippen LogP contribution in [0.25, 0.3) is 0 Å². The lowest BCUT2D eigenvalue weighted by Gasteiger charge is -2.14. The van der Waals surface area contributed by atoms with E-state index in [4.69, 9.17) is 4.74 Å². The minimum absolute atomic E-state index is 0.136. The summed E-state index contributed by atoms with van der Waals surface area (Å²) in [4.78, 5) is 1.10. The molecule has 0 saturated carbocycles. The Bertz CT molecular complexity index is 555. The van der Waals surface area contributed by atoms with Crippen molar-refractivity contribution in [3.05, 3.63) is 59.4 Å². The first kappa shape index (κ1) is 13.9. The van der Waals surface area contributed by atoms with Crippen molar-refractivity contribution in [2.45, 2.75) is 11.0 Å². The van der Waals surface area contributed by atoms with Gasteiger partial charge < -0.3 is 9.84 Å². The standard InChI is InChI=1S/C15H15FO2S/c1-18-13-5-3-4-12(14(13)16)15(17)10-6-8-11(19-2)9-7-10/h3-9,15,17H,1-2H3. The van der Waals surface area contributed by atoms with E-state index in [-0.39, 0.29) is 11.3 Å². The van der Waals surface area contributed by atoms with Gasteiger partial charge in [-0.05, 0) is 30.0 Å². The molecule has 0 bridgehead atoms. The highest BCUT2D eigenvalue weighted by molar-refractivity contribution is 7.98. The Labute approximate surface area is 116 Å². The van der Waals surface area contributed by atoms with E-state index in [1.807, 2.05) is 18.4 Å². The third-order valence-electron chi connectivity index (χ3n) is 2.94. The Kier molecular flexibility index (Phi) is 4.45. The summed E-state index contributed by atoms with van der Waals surface area (Å²) in [5, 5.41) is 10.3. The molecule has 1 N–H and O–H groups in total. The van der Waals surface area contributed by atoms with Crippen molar-refractivity contribution in [1.29, 1.82) is 0 Å². The van der Waals surface area contributed by atoms with E-state index in [1.165, 1.54) is 13.2 Å². The molecule has 100 valence electrons. The monoisotopic (exact) mass is 278 g/mol. The van der Waals surface area contributed by atoms with E-state index in [2.05, 4.69) is 0 Å². The molecule has 0 spiro atoms. The zero-order chi connectivity index (χ0) is 13.8. The van der Waals surface area contributed by atoms with Crippen LogP contribution in [0.5, 0.6) is 5.75 Å². The molecule has 2 rings (SSSR count). The predicted octanol–water partition coefficient (Wildman–Crippen LogP) is 3.64. The summed E-state index contributed by atoms with van der Waals surface area (Å²) in [6.07, 6.45) is 0.985. The van der Waals surface area contributed by atoms with Crippen molar-refractivity contribution in [3.8, 4) is 5.75 Å². The van der Waals surface area contributed by atoms with Crippen molar-refractivity contribution in [2.24, 2.45) is 0 Å². The maximum absolute atomic E-state index is 14.1. The molecule has 0 aliphatic heterocycles. The summed E-state index contributed by atoms with van der Waals surface area (Å²) in [5.41, 5.74) is 0.876. The van der Waals surface area contributed by atoms with Gasteiger partial charge in [0, 0.05) is 10.5 Å². The van der Waals surface area contributed by atoms with E-state index >= 15 is 0 Å². The van der Waals surface area contributed by atoms with Crippen molar-refractivity contribution in [2.75, 3.05) is 13.4 Å². The largest absolute Gasteiger partial charge is 0.494 e. The molecular weight excluding hydrogens is 263 g/mol. The highest BCUT2D eigenvalue weighted by atomic mass is 32.2. The fourth-order valence-corrected chi connectivity index (χ4v) is 2.27. The van der Waals surface area contributed by atoms with Crippen LogP contribution in [0.3, 0.4) is 0 Å². The van der Waals surface area contributed by atoms with Gasteiger partial charge in [0.2, 0.25) is 0 Å². The first-order chi connectivity index (χ1) is 9.17. The van der Waals surface area contributed by atoms with E-state index in [9.17, 15) is 9.50 Å². The fourth-order valence-electron chi connectivity index (χ4n) is 1.86. The first-order valence-corrected chi connectivity index (χ1v) is 7.04. The summed E-state index contributed by atoms with van der Waals surface area (Å²) in [6, 6.07) is 12.2. The van der Waals surface area contributed by atoms with Gasteiger partial charge in [-0.15, -0.1) is 11.8 Å². The molecule has 0 aromatic heterocycles. The van der Waals surface area contributed by atoms with Gasteiger partial charge in [0.25, 0.3) is 0 Å². The lowest BCUT2D eigenvalue weighted by Crippen LogP contribution is -2.03. The summed E-state index contributed by atoms with van der Waals surface area (Å²) in [5.74, 6) is -0.385. The summed E-state index contributed by atoms with van der Waals surface area (Å²) >= 11 is 1.62. The number of ether oxygens (including phenoxy) is 1. The van der Waals surface area contributed by atoms with Crippen molar-refractivity contribution < 1.29 is 14.2 Å². The second kappa shape index (κ2) is 6.08. The molecule has 1 atom stereocenters. The van der Waals surface area contributed by atoms with E-state index in [0.29, 0.717) is 5.56 Å². The maximum atomic E-state index is 14.1. The SMILES string of the molecule is COc1cccc(C(O)c2ccc(SC)cc2)c1F. The molecule has 1 unspecified atom stereocenters. The summed E-state index contributed by atoms with van der Waals surface area (Å²) in [7, 11) is 1.40.